The summed E-state index contributed by atoms with van der Waals surface area (Å²) in [5.74, 6) is 0.619. The normalized spacial score (nSPS) is 15.8. The first-order valence-corrected chi connectivity index (χ1v) is 8.09. The lowest BCUT2D eigenvalue weighted by Gasteiger charge is -2.07. The molecule has 122 valence electrons. The molecule has 0 aliphatic carbocycles. The molecule has 0 bridgehead atoms. The SMILES string of the molecule is CN1C(=O)C(=Cc2ccc(OCc3ccc(Cl)cc3)cc2)NC1=S. The van der Waals surface area contributed by atoms with E-state index in [2.05, 4.69) is 5.32 Å². The zero-order valence-corrected chi connectivity index (χ0v) is 14.5. The van der Waals surface area contributed by atoms with Crippen molar-refractivity contribution in [3.63, 3.8) is 0 Å². The van der Waals surface area contributed by atoms with E-state index in [1.807, 2.05) is 48.5 Å². The second-order valence-corrected chi connectivity index (χ2v) is 6.16. The zero-order valence-electron chi connectivity index (χ0n) is 13.0. The van der Waals surface area contributed by atoms with E-state index >= 15 is 0 Å². The molecule has 1 heterocycles. The van der Waals surface area contributed by atoms with Crippen LogP contribution in [0.3, 0.4) is 0 Å². The largest absolute Gasteiger partial charge is 0.489 e. The van der Waals surface area contributed by atoms with Gasteiger partial charge in [-0.1, -0.05) is 35.9 Å². The van der Waals surface area contributed by atoms with Gasteiger partial charge < -0.3 is 10.1 Å². The number of benzene rings is 2. The van der Waals surface area contributed by atoms with Crippen LogP contribution in [-0.2, 0) is 11.4 Å². The van der Waals surface area contributed by atoms with Gasteiger partial charge in [-0.05, 0) is 53.7 Å². The van der Waals surface area contributed by atoms with Crippen LogP contribution in [0.2, 0.25) is 5.02 Å². The molecule has 1 aliphatic heterocycles. The highest BCUT2D eigenvalue weighted by molar-refractivity contribution is 7.80. The van der Waals surface area contributed by atoms with E-state index in [1.165, 1.54) is 4.90 Å². The minimum atomic E-state index is -0.136. The maximum atomic E-state index is 11.9. The van der Waals surface area contributed by atoms with Gasteiger partial charge in [0.05, 0.1) is 0 Å². The highest BCUT2D eigenvalue weighted by atomic mass is 35.5. The van der Waals surface area contributed by atoms with Gasteiger partial charge in [-0.2, -0.15) is 0 Å². The van der Waals surface area contributed by atoms with Crippen molar-refractivity contribution in [2.24, 2.45) is 0 Å². The van der Waals surface area contributed by atoms with Crippen molar-refractivity contribution in [2.75, 3.05) is 7.05 Å². The van der Waals surface area contributed by atoms with Crippen LogP contribution in [0, 0.1) is 0 Å². The van der Waals surface area contributed by atoms with Crippen molar-refractivity contribution < 1.29 is 9.53 Å². The predicted octanol–water partition coefficient (Wildman–Crippen LogP) is 3.61. The minimum absolute atomic E-state index is 0.136. The molecule has 0 spiro atoms. The Kier molecular flexibility index (Phi) is 4.83. The molecule has 1 fully saturated rings. The van der Waals surface area contributed by atoms with Crippen LogP contribution in [-0.4, -0.2) is 23.0 Å². The number of likely N-dealkylation sites (N-methyl/N-ethyl adjacent to an activating group) is 1. The van der Waals surface area contributed by atoms with Crippen LogP contribution >= 0.6 is 23.8 Å². The smallest absolute Gasteiger partial charge is 0.276 e. The predicted molar refractivity (Wildman–Crippen MR) is 98.7 cm³/mol. The molecule has 2 aromatic rings. The summed E-state index contributed by atoms with van der Waals surface area (Å²) in [4.78, 5) is 13.4. The van der Waals surface area contributed by atoms with Crippen LogP contribution in [0.5, 0.6) is 5.75 Å². The average molecular weight is 359 g/mol. The average Bonchev–Trinajstić information content (AvgIpc) is 2.83. The summed E-state index contributed by atoms with van der Waals surface area (Å²) in [5.41, 5.74) is 2.41. The summed E-state index contributed by atoms with van der Waals surface area (Å²) < 4.78 is 5.74. The Morgan fingerprint density at radius 2 is 1.83 bits per heavy atom. The Labute approximate surface area is 150 Å². The van der Waals surface area contributed by atoms with Crippen LogP contribution in [0.1, 0.15) is 11.1 Å². The van der Waals surface area contributed by atoms with E-state index in [1.54, 1.807) is 13.1 Å². The summed E-state index contributed by atoms with van der Waals surface area (Å²) in [6, 6.07) is 15.0. The number of hydrogen-bond acceptors (Lipinski definition) is 3. The first-order chi connectivity index (χ1) is 11.5. The van der Waals surface area contributed by atoms with Gasteiger partial charge in [-0.15, -0.1) is 0 Å². The Bertz CT molecular complexity index is 801. The number of carbonyl (C=O) groups is 1. The summed E-state index contributed by atoms with van der Waals surface area (Å²) >= 11 is 10.9. The topological polar surface area (TPSA) is 41.6 Å². The van der Waals surface area contributed by atoms with E-state index in [0.717, 1.165) is 16.9 Å². The standard InChI is InChI=1S/C18H15ClN2O2S/c1-21-17(22)16(20-18(21)24)10-12-4-8-15(9-5-12)23-11-13-2-6-14(19)7-3-13/h2-10H,11H2,1H3,(H,20,24). The van der Waals surface area contributed by atoms with Crippen LogP contribution in [0.4, 0.5) is 0 Å². The molecule has 0 radical (unpaired) electrons. The van der Waals surface area contributed by atoms with Crippen molar-refractivity contribution in [3.05, 3.63) is 70.4 Å². The number of ether oxygens (including phenoxy) is 1. The van der Waals surface area contributed by atoms with Gasteiger partial charge in [0, 0.05) is 12.1 Å². The molecule has 1 N–H and O–H groups in total. The second kappa shape index (κ2) is 7.03. The summed E-state index contributed by atoms with van der Waals surface area (Å²) in [7, 11) is 1.65. The fraction of sp³-hybridized carbons (Fsp3) is 0.111. The molecule has 0 unspecified atom stereocenters. The molecule has 1 aliphatic rings. The molecule has 0 saturated carbocycles. The highest BCUT2D eigenvalue weighted by Crippen LogP contribution is 2.18. The van der Waals surface area contributed by atoms with Crippen LogP contribution in [0.25, 0.3) is 6.08 Å². The lowest BCUT2D eigenvalue weighted by atomic mass is 10.2. The first kappa shape index (κ1) is 16.5. The quantitative estimate of drug-likeness (QED) is 0.669. The van der Waals surface area contributed by atoms with Crippen molar-refractivity contribution in [3.8, 4) is 5.75 Å². The third-order valence-electron chi connectivity index (χ3n) is 3.59. The van der Waals surface area contributed by atoms with Crippen LogP contribution in [0.15, 0.2) is 54.2 Å². The Morgan fingerprint density at radius 1 is 1.17 bits per heavy atom. The fourth-order valence-corrected chi connectivity index (χ4v) is 2.52. The monoisotopic (exact) mass is 358 g/mol. The molecule has 1 amide bonds. The van der Waals surface area contributed by atoms with E-state index < -0.39 is 0 Å². The first-order valence-electron chi connectivity index (χ1n) is 7.31. The number of nitrogens with zero attached hydrogens (tertiary/aromatic N) is 1. The molecule has 4 nitrogen and oxygen atoms in total. The van der Waals surface area contributed by atoms with Crippen LogP contribution < -0.4 is 10.1 Å². The van der Waals surface area contributed by atoms with E-state index in [4.69, 9.17) is 28.6 Å². The van der Waals surface area contributed by atoms with Crippen molar-refractivity contribution in [1.82, 2.24) is 10.2 Å². The number of halogens is 1. The van der Waals surface area contributed by atoms with Gasteiger partial charge >= 0.3 is 0 Å². The van der Waals surface area contributed by atoms with Gasteiger partial charge in [0.25, 0.3) is 5.91 Å². The molecule has 1 saturated heterocycles. The maximum Gasteiger partial charge on any atom is 0.276 e. The van der Waals surface area contributed by atoms with E-state index in [-0.39, 0.29) is 5.91 Å². The molecule has 2 aromatic carbocycles. The summed E-state index contributed by atoms with van der Waals surface area (Å²) in [6.45, 7) is 0.469. The van der Waals surface area contributed by atoms with Crippen molar-refractivity contribution >= 4 is 40.9 Å². The number of thiocarbonyl (C=S) groups is 1. The number of carbonyl (C=O) groups excluding carboxylic acids is 1. The van der Waals surface area contributed by atoms with Gasteiger partial charge in [-0.3, -0.25) is 9.69 Å². The maximum absolute atomic E-state index is 11.9. The third-order valence-corrected chi connectivity index (χ3v) is 4.22. The molecule has 24 heavy (non-hydrogen) atoms. The highest BCUT2D eigenvalue weighted by Gasteiger charge is 2.26. The van der Waals surface area contributed by atoms with Crippen molar-refractivity contribution in [2.45, 2.75) is 6.61 Å². The molecule has 3 rings (SSSR count). The summed E-state index contributed by atoms with van der Waals surface area (Å²) in [6.07, 6.45) is 1.76. The Hall–Kier alpha value is -2.37. The molecular weight excluding hydrogens is 344 g/mol. The number of rotatable bonds is 4. The number of hydrogen-bond donors (Lipinski definition) is 1. The number of nitrogens with one attached hydrogen (secondary N) is 1. The summed E-state index contributed by atoms with van der Waals surface area (Å²) in [5, 5.41) is 4.01. The lowest BCUT2D eigenvalue weighted by Crippen LogP contribution is -2.25. The minimum Gasteiger partial charge on any atom is -0.489 e. The van der Waals surface area contributed by atoms with Gasteiger partial charge in [-0.25, -0.2) is 0 Å². The lowest BCUT2D eigenvalue weighted by molar-refractivity contribution is -0.121. The molecule has 0 aromatic heterocycles. The van der Waals surface area contributed by atoms with Gasteiger partial charge in [0.15, 0.2) is 5.11 Å². The number of amides is 1. The zero-order chi connectivity index (χ0) is 17.1. The van der Waals surface area contributed by atoms with Gasteiger partial charge in [0.1, 0.15) is 18.1 Å². The van der Waals surface area contributed by atoms with E-state index in [0.29, 0.717) is 22.4 Å². The Morgan fingerprint density at radius 3 is 2.42 bits per heavy atom. The van der Waals surface area contributed by atoms with E-state index in [9.17, 15) is 4.79 Å². The Balaban J connectivity index is 1.64. The molecular formula is C18H15ClN2O2S. The molecule has 0 atom stereocenters. The van der Waals surface area contributed by atoms with Gasteiger partial charge in [0.2, 0.25) is 0 Å². The molecule has 6 heteroatoms. The fourth-order valence-electron chi connectivity index (χ4n) is 2.20. The van der Waals surface area contributed by atoms with Crippen molar-refractivity contribution in [1.29, 1.82) is 0 Å². The second-order valence-electron chi connectivity index (χ2n) is 5.34. The third kappa shape index (κ3) is 3.75.